The zero-order chi connectivity index (χ0) is 8.06. The average molecular weight is 153 g/mol. The Kier molecular flexibility index (Phi) is 1.37. The van der Waals surface area contributed by atoms with Crippen LogP contribution in [0.2, 0.25) is 0 Å². The molecule has 0 unspecified atom stereocenters. The Morgan fingerprint density at radius 3 is 2.91 bits per heavy atom. The number of nitrogens with one attached hydrogen (secondary N) is 1. The zero-order valence-electron chi connectivity index (χ0n) is 7.18. The maximum absolute atomic E-state index is 11.5. The van der Waals surface area contributed by atoms with E-state index in [1.165, 1.54) is 6.42 Å². The third kappa shape index (κ3) is 0.791. The van der Waals surface area contributed by atoms with Gasteiger partial charge in [0.25, 0.3) is 0 Å². The van der Waals surface area contributed by atoms with Crippen LogP contribution in [-0.2, 0) is 4.79 Å². The first kappa shape index (κ1) is 7.29. The summed E-state index contributed by atoms with van der Waals surface area (Å²) in [6, 6.07) is 0.476. The number of rotatable bonds is 0. The summed E-state index contributed by atoms with van der Waals surface area (Å²) < 4.78 is 0. The number of hydrogen-bond donors (Lipinski definition) is 1. The minimum atomic E-state index is -0.0783. The van der Waals surface area contributed by atoms with Crippen LogP contribution in [-0.4, -0.2) is 18.4 Å². The summed E-state index contributed by atoms with van der Waals surface area (Å²) in [5.74, 6) is 0.813. The predicted molar refractivity (Wildman–Crippen MR) is 43.3 cm³/mol. The number of hydrogen-bond acceptors (Lipinski definition) is 2. The smallest absolute Gasteiger partial charge is 0.144 e. The van der Waals surface area contributed by atoms with E-state index in [9.17, 15) is 4.79 Å². The molecule has 0 aromatic rings. The second-order valence-corrected chi connectivity index (χ2v) is 4.27. The number of piperidine rings is 1. The lowest BCUT2D eigenvalue weighted by Gasteiger charge is -2.52. The number of Topliss-reactive ketones (excluding diaryl/α,β-unsaturated/α-hetero) is 1. The van der Waals surface area contributed by atoms with Gasteiger partial charge in [0.2, 0.25) is 0 Å². The molecule has 1 saturated heterocycles. The summed E-state index contributed by atoms with van der Waals surface area (Å²) in [5.41, 5.74) is -0.0783. The van der Waals surface area contributed by atoms with Crippen LogP contribution < -0.4 is 5.32 Å². The number of fused-ring (bicyclic) bond motifs is 1. The number of carbonyl (C=O) groups excluding carboxylic acids is 1. The van der Waals surface area contributed by atoms with Gasteiger partial charge in [-0.25, -0.2) is 0 Å². The van der Waals surface area contributed by atoms with Crippen molar-refractivity contribution in [1.82, 2.24) is 5.32 Å². The Morgan fingerprint density at radius 2 is 2.27 bits per heavy atom. The molecule has 1 N–H and O–H groups in total. The molecule has 2 heteroatoms. The van der Waals surface area contributed by atoms with Gasteiger partial charge in [-0.05, 0) is 19.4 Å². The first-order valence-corrected chi connectivity index (χ1v) is 4.42. The lowest BCUT2D eigenvalue weighted by Crippen LogP contribution is -2.66. The van der Waals surface area contributed by atoms with Crippen LogP contribution in [0, 0.1) is 11.3 Å². The van der Waals surface area contributed by atoms with Crippen molar-refractivity contribution in [3.8, 4) is 0 Å². The predicted octanol–water partition coefficient (Wildman–Crippen LogP) is 0.964. The van der Waals surface area contributed by atoms with Crippen molar-refractivity contribution >= 4 is 5.78 Å². The van der Waals surface area contributed by atoms with E-state index in [-0.39, 0.29) is 5.41 Å². The quantitative estimate of drug-likeness (QED) is 0.561. The monoisotopic (exact) mass is 153 g/mol. The van der Waals surface area contributed by atoms with Crippen LogP contribution >= 0.6 is 0 Å². The van der Waals surface area contributed by atoms with Gasteiger partial charge in [0.15, 0.2) is 0 Å². The van der Waals surface area contributed by atoms with Crippen LogP contribution in [0.3, 0.4) is 0 Å². The minimum absolute atomic E-state index is 0.0783. The Morgan fingerprint density at radius 1 is 1.55 bits per heavy atom. The maximum Gasteiger partial charge on any atom is 0.144 e. The number of carbonyl (C=O) groups is 1. The van der Waals surface area contributed by atoms with E-state index in [1.54, 1.807) is 0 Å². The topological polar surface area (TPSA) is 29.1 Å². The molecule has 0 aromatic heterocycles. The van der Waals surface area contributed by atoms with E-state index < -0.39 is 0 Å². The summed E-state index contributed by atoms with van der Waals surface area (Å²) in [5, 5.41) is 3.42. The first-order valence-electron chi connectivity index (χ1n) is 4.42. The lowest BCUT2D eigenvalue weighted by atomic mass is 9.56. The highest BCUT2D eigenvalue weighted by atomic mass is 16.1. The van der Waals surface area contributed by atoms with Gasteiger partial charge in [0.1, 0.15) is 5.78 Å². The molecule has 2 rings (SSSR count). The Bertz CT molecular complexity index is 198. The largest absolute Gasteiger partial charge is 0.312 e. The van der Waals surface area contributed by atoms with E-state index in [0.29, 0.717) is 17.7 Å². The van der Waals surface area contributed by atoms with Crippen LogP contribution in [0.4, 0.5) is 0 Å². The van der Waals surface area contributed by atoms with Crippen molar-refractivity contribution < 1.29 is 4.79 Å². The van der Waals surface area contributed by atoms with Gasteiger partial charge < -0.3 is 5.32 Å². The van der Waals surface area contributed by atoms with Gasteiger partial charge in [-0.2, -0.15) is 0 Å². The highest BCUT2D eigenvalue weighted by molar-refractivity contribution is 5.94. The van der Waals surface area contributed by atoms with Crippen LogP contribution in [0.15, 0.2) is 0 Å². The van der Waals surface area contributed by atoms with Gasteiger partial charge in [-0.1, -0.05) is 13.8 Å². The summed E-state index contributed by atoms with van der Waals surface area (Å²) in [6.07, 6.45) is 2.28. The van der Waals surface area contributed by atoms with Crippen molar-refractivity contribution in [1.29, 1.82) is 0 Å². The maximum atomic E-state index is 11.5. The molecule has 2 atom stereocenters. The molecule has 2 nitrogen and oxygen atoms in total. The van der Waals surface area contributed by atoms with Crippen molar-refractivity contribution in [3.63, 3.8) is 0 Å². The normalized spacial score (nSPS) is 41.1. The molecule has 2 fully saturated rings. The van der Waals surface area contributed by atoms with Crippen molar-refractivity contribution in [2.75, 3.05) is 6.54 Å². The molecule has 0 spiro atoms. The molecule has 0 radical (unpaired) electrons. The third-order valence-corrected chi connectivity index (χ3v) is 3.21. The molecular weight excluding hydrogens is 138 g/mol. The lowest BCUT2D eigenvalue weighted by molar-refractivity contribution is -0.150. The summed E-state index contributed by atoms with van der Waals surface area (Å²) in [6.45, 7) is 5.20. The summed E-state index contributed by atoms with van der Waals surface area (Å²) in [7, 11) is 0. The molecule has 1 aliphatic heterocycles. The highest BCUT2D eigenvalue weighted by Gasteiger charge is 2.55. The van der Waals surface area contributed by atoms with Gasteiger partial charge >= 0.3 is 0 Å². The first-order chi connectivity index (χ1) is 5.14. The van der Waals surface area contributed by atoms with Crippen LogP contribution in [0.25, 0.3) is 0 Å². The van der Waals surface area contributed by atoms with E-state index in [0.717, 1.165) is 13.0 Å². The fraction of sp³-hybridized carbons (Fsp3) is 0.889. The fourth-order valence-corrected chi connectivity index (χ4v) is 2.46. The molecule has 1 heterocycles. The standard InChI is InChI=1S/C9H15NO/c1-9(2)7-6(8(9)11)4-3-5-10-7/h6-7,10H,3-5H2,1-2H3/t6-,7+/m0/s1. The van der Waals surface area contributed by atoms with Gasteiger partial charge in [-0.15, -0.1) is 0 Å². The number of ketones is 1. The molecule has 1 saturated carbocycles. The van der Waals surface area contributed by atoms with Crippen LogP contribution in [0.5, 0.6) is 0 Å². The molecule has 62 valence electrons. The molecule has 2 aliphatic rings. The third-order valence-electron chi connectivity index (χ3n) is 3.21. The van der Waals surface area contributed by atoms with Gasteiger partial charge in [0.05, 0.1) is 0 Å². The SMILES string of the molecule is CC1(C)C(=O)[C@H]2CCCN[C@H]21. The zero-order valence-corrected chi connectivity index (χ0v) is 7.18. The van der Waals surface area contributed by atoms with Crippen molar-refractivity contribution in [2.24, 2.45) is 11.3 Å². The second kappa shape index (κ2) is 2.07. The molecule has 1 aliphatic carbocycles. The van der Waals surface area contributed by atoms with Crippen LogP contribution in [0.1, 0.15) is 26.7 Å². The van der Waals surface area contributed by atoms with Crippen molar-refractivity contribution in [2.45, 2.75) is 32.7 Å². The summed E-state index contributed by atoms with van der Waals surface area (Å²) in [4.78, 5) is 11.5. The fourth-order valence-electron chi connectivity index (χ4n) is 2.46. The van der Waals surface area contributed by atoms with Gasteiger partial charge in [-0.3, -0.25) is 4.79 Å². The van der Waals surface area contributed by atoms with E-state index in [1.807, 2.05) is 0 Å². The Balaban J connectivity index is 2.15. The van der Waals surface area contributed by atoms with Crippen molar-refractivity contribution in [3.05, 3.63) is 0 Å². The van der Waals surface area contributed by atoms with E-state index >= 15 is 0 Å². The minimum Gasteiger partial charge on any atom is -0.312 e. The molecule has 11 heavy (non-hydrogen) atoms. The van der Waals surface area contributed by atoms with E-state index in [2.05, 4.69) is 19.2 Å². The Labute approximate surface area is 67.4 Å². The second-order valence-electron chi connectivity index (χ2n) is 4.27. The molecule has 0 aromatic carbocycles. The average Bonchev–Trinajstić information content (AvgIpc) is 2.04. The van der Waals surface area contributed by atoms with E-state index in [4.69, 9.17) is 0 Å². The summed E-state index contributed by atoms with van der Waals surface area (Å²) >= 11 is 0. The van der Waals surface area contributed by atoms with Gasteiger partial charge in [0, 0.05) is 17.4 Å². The molecule has 0 bridgehead atoms. The molecule has 0 amide bonds. The highest BCUT2D eigenvalue weighted by Crippen LogP contribution is 2.45. The Hall–Kier alpha value is -0.370. The molecular formula is C9H15NO.